The van der Waals surface area contributed by atoms with Gasteiger partial charge in [-0.3, -0.25) is 0 Å². The molecule has 0 bridgehead atoms. The van der Waals surface area contributed by atoms with Crippen LogP contribution in [-0.4, -0.2) is 0 Å². The van der Waals surface area contributed by atoms with E-state index in [2.05, 4.69) is 88.7 Å². The van der Waals surface area contributed by atoms with Gasteiger partial charge in [0.05, 0.1) is 0 Å². The summed E-state index contributed by atoms with van der Waals surface area (Å²) in [5.74, 6) is 0. The van der Waals surface area contributed by atoms with E-state index in [4.69, 9.17) is 0 Å². The number of hydrogen-bond donors (Lipinski definition) is 0. The van der Waals surface area contributed by atoms with Crippen molar-refractivity contribution < 1.29 is 0 Å². The summed E-state index contributed by atoms with van der Waals surface area (Å²) < 4.78 is 2.79. The predicted molar refractivity (Wildman–Crippen MR) is 120 cm³/mol. The highest BCUT2D eigenvalue weighted by Crippen LogP contribution is 2.43. The second kappa shape index (κ2) is 5.94. The molecule has 0 aliphatic rings. The molecule has 0 saturated heterocycles. The van der Waals surface area contributed by atoms with Crippen molar-refractivity contribution >= 4 is 42.8 Å². The molecule has 0 aliphatic heterocycles. The van der Waals surface area contributed by atoms with E-state index in [-0.39, 0.29) is 10.8 Å². The molecule has 0 aliphatic carbocycles. The molecule has 0 atom stereocenters. The Morgan fingerprint density at radius 1 is 0.692 bits per heavy atom. The smallest absolute Gasteiger partial charge is 0.0424 e. The largest absolute Gasteiger partial charge is 0.143 e. The molecule has 4 aromatic rings. The van der Waals surface area contributed by atoms with E-state index in [0.29, 0.717) is 0 Å². The minimum Gasteiger partial charge on any atom is -0.143 e. The first kappa shape index (κ1) is 17.8. The third-order valence-corrected chi connectivity index (χ3v) is 7.07. The van der Waals surface area contributed by atoms with E-state index in [1.165, 1.54) is 42.4 Å². The van der Waals surface area contributed by atoms with Gasteiger partial charge in [-0.2, -0.15) is 0 Å². The zero-order valence-corrected chi connectivity index (χ0v) is 18.1. The van der Waals surface area contributed by atoms with Crippen LogP contribution in [0.4, 0.5) is 0 Å². The number of hydrogen-bond acceptors (Lipinski definition) is 2. The fraction of sp³-hybridized carbons (Fsp3) is 0.333. The van der Waals surface area contributed by atoms with Crippen LogP contribution in [0.25, 0.3) is 31.3 Å². The summed E-state index contributed by atoms with van der Waals surface area (Å²) in [6.45, 7) is 13.8. The highest BCUT2D eigenvalue weighted by atomic mass is 32.1. The van der Waals surface area contributed by atoms with E-state index in [1.807, 2.05) is 22.7 Å². The molecule has 2 heterocycles. The molecule has 134 valence electrons. The van der Waals surface area contributed by atoms with Crippen LogP contribution < -0.4 is 0 Å². The topological polar surface area (TPSA) is 0 Å². The Bertz CT molecular complexity index is 1090. The van der Waals surface area contributed by atoms with Gasteiger partial charge in [0.2, 0.25) is 0 Å². The Labute approximate surface area is 164 Å². The fourth-order valence-corrected chi connectivity index (χ4v) is 5.52. The Morgan fingerprint density at radius 3 is 2.15 bits per heavy atom. The molecule has 4 rings (SSSR count). The van der Waals surface area contributed by atoms with E-state index in [9.17, 15) is 0 Å². The summed E-state index contributed by atoms with van der Waals surface area (Å²) in [4.78, 5) is 0. The zero-order chi connectivity index (χ0) is 18.7. The summed E-state index contributed by atoms with van der Waals surface area (Å²) in [6, 6.07) is 13.9. The second-order valence-corrected chi connectivity index (χ2v) is 11.0. The van der Waals surface area contributed by atoms with Gasteiger partial charge in [-0.1, -0.05) is 59.7 Å². The van der Waals surface area contributed by atoms with Crippen LogP contribution in [0.2, 0.25) is 0 Å². The lowest BCUT2D eigenvalue weighted by Crippen LogP contribution is -2.11. The fourth-order valence-electron chi connectivity index (χ4n) is 3.63. The van der Waals surface area contributed by atoms with Gasteiger partial charge < -0.3 is 0 Å². The van der Waals surface area contributed by atoms with Gasteiger partial charge >= 0.3 is 0 Å². The number of benzene rings is 2. The summed E-state index contributed by atoms with van der Waals surface area (Å²) in [5.41, 5.74) is 5.92. The number of rotatable bonds is 1. The third-order valence-electron chi connectivity index (χ3n) is 5.15. The van der Waals surface area contributed by atoms with Gasteiger partial charge in [-0.05, 0) is 56.3 Å². The molecule has 26 heavy (non-hydrogen) atoms. The molecule has 0 saturated carbocycles. The quantitative estimate of drug-likeness (QED) is 0.312. The van der Waals surface area contributed by atoms with Crippen LogP contribution in [0.5, 0.6) is 0 Å². The Morgan fingerprint density at radius 2 is 1.46 bits per heavy atom. The van der Waals surface area contributed by atoms with Gasteiger partial charge in [0.15, 0.2) is 0 Å². The van der Waals surface area contributed by atoms with Crippen LogP contribution in [0.1, 0.15) is 52.7 Å². The van der Waals surface area contributed by atoms with Crippen molar-refractivity contribution in [3.63, 3.8) is 0 Å². The maximum atomic E-state index is 2.40. The van der Waals surface area contributed by atoms with Gasteiger partial charge in [-0.15, -0.1) is 22.7 Å². The Hall–Kier alpha value is -1.64. The molecule has 2 aromatic carbocycles. The molecule has 0 unspecified atom stereocenters. The van der Waals surface area contributed by atoms with Crippen LogP contribution >= 0.6 is 22.7 Å². The summed E-state index contributed by atoms with van der Waals surface area (Å²) in [7, 11) is 0. The number of fused-ring (bicyclic) bond motifs is 2. The van der Waals surface area contributed by atoms with Crippen LogP contribution in [0, 0.1) is 0 Å². The Kier molecular flexibility index (Phi) is 4.05. The lowest BCUT2D eigenvalue weighted by Gasteiger charge is -2.21. The normalized spacial score (nSPS) is 13.0. The average Bonchev–Trinajstić information content (AvgIpc) is 3.18. The Balaban J connectivity index is 1.98. The average molecular weight is 379 g/mol. The molecule has 2 aromatic heterocycles. The highest BCUT2D eigenvalue weighted by molar-refractivity contribution is 7.19. The summed E-state index contributed by atoms with van der Waals surface area (Å²) in [5, 5.41) is 7.37. The van der Waals surface area contributed by atoms with Crippen molar-refractivity contribution in [1.29, 1.82) is 0 Å². The van der Waals surface area contributed by atoms with Crippen LogP contribution in [0.15, 0.2) is 47.2 Å². The number of thiophene rings is 2. The van der Waals surface area contributed by atoms with E-state index in [0.717, 1.165) is 0 Å². The van der Waals surface area contributed by atoms with Crippen molar-refractivity contribution in [2.75, 3.05) is 0 Å². The standard InChI is InChI=1S/C24H26S2/c1-23(2,3)15-7-10-21-18(13-15)19(14-26-21)16-8-9-20(24(4,5)6)17-11-12-25-22(16)17/h7-14H,1-6H3. The minimum absolute atomic E-state index is 0.161. The monoisotopic (exact) mass is 378 g/mol. The molecule has 0 nitrogen and oxygen atoms in total. The molecule has 0 spiro atoms. The van der Waals surface area contributed by atoms with Crippen molar-refractivity contribution in [2.24, 2.45) is 0 Å². The van der Waals surface area contributed by atoms with E-state index < -0.39 is 0 Å². The molecule has 0 radical (unpaired) electrons. The van der Waals surface area contributed by atoms with Gasteiger partial charge in [0, 0.05) is 25.9 Å². The van der Waals surface area contributed by atoms with E-state index >= 15 is 0 Å². The molecule has 0 fully saturated rings. The molecular weight excluding hydrogens is 352 g/mol. The van der Waals surface area contributed by atoms with Crippen molar-refractivity contribution in [3.8, 4) is 11.1 Å². The predicted octanol–water partition coefficient (Wildman–Crippen LogP) is 8.38. The maximum Gasteiger partial charge on any atom is 0.0424 e. The first-order valence-corrected chi connectivity index (χ1v) is 10.9. The van der Waals surface area contributed by atoms with Gasteiger partial charge in [-0.25, -0.2) is 0 Å². The molecule has 2 heteroatoms. The second-order valence-electron chi connectivity index (χ2n) is 9.18. The molecular formula is C24H26S2. The SMILES string of the molecule is CC(C)(C)c1ccc2scc(-c3ccc(C(C)(C)C)c4ccsc34)c2c1. The summed E-state index contributed by atoms with van der Waals surface area (Å²) >= 11 is 3.72. The first-order valence-electron chi connectivity index (χ1n) is 9.19. The zero-order valence-electron chi connectivity index (χ0n) is 16.4. The van der Waals surface area contributed by atoms with Crippen LogP contribution in [-0.2, 0) is 10.8 Å². The van der Waals surface area contributed by atoms with Gasteiger partial charge in [0.1, 0.15) is 0 Å². The third kappa shape index (κ3) is 2.90. The van der Waals surface area contributed by atoms with Gasteiger partial charge in [0.25, 0.3) is 0 Å². The molecule has 0 N–H and O–H groups in total. The summed E-state index contributed by atoms with van der Waals surface area (Å²) in [6.07, 6.45) is 0. The first-order chi connectivity index (χ1) is 12.2. The van der Waals surface area contributed by atoms with E-state index in [1.54, 1.807) is 0 Å². The van der Waals surface area contributed by atoms with Crippen LogP contribution in [0.3, 0.4) is 0 Å². The lowest BCUT2D eigenvalue weighted by molar-refractivity contribution is 0.591. The minimum atomic E-state index is 0.161. The van der Waals surface area contributed by atoms with Crippen molar-refractivity contribution in [3.05, 3.63) is 58.3 Å². The highest BCUT2D eigenvalue weighted by Gasteiger charge is 2.21. The molecule has 0 amide bonds. The maximum absolute atomic E-state index is 2.40. The van der Waals surface area contributed by atoms with Crippen molar-refractivity contribution in [1.82, 2.24) is 0 Å². The van der Waals surface area contributed by atoms with Crippen molar-refractivity contribution in [2.45, 2.75) is 52.4 Å². The lowest BCUT2D eigenvalue weighted by atomic mass is 9.83.